The van der Waals surface area contributed by atoms with Gasteiger partial charge in [0.2, 0.25) is 0 Å². The number of nitrogens with zero attached hydrogens (tertiary/aromatic N) is 2. The Hall–Kier alpha value is -5.19. The van der Waals surface area contributed by atoms with Gasteiger partial charge in [-0.15, -0.1) is 24.3 Å². The van der Waals surface area contributed by atoms with E-state index in [0.29, 0.717) is 22.3 Å². The number of non-ortho nitro benzene ring substituents is 2. The van der Waals surface area contributed by atoms with Crippen LogP contribution in [0.1, 0.15) is 22.3 Å². The van der Waals surface area contributed by atoms with Crippen molar-refractivity contribution in [2.45, 2.75) is 0 Å². The van der Waals surface area contributed by atoms with Gasteiger partial charge in [0.25, 0.3) is 34.5 Å². The molecule has 0 amide bonds. The summed E-state index contributed by atoms with van der Waals surface area (Å²) in [5.41, 5.74) is 1.80. The van der Waals surface area contributed by atoms with Gasteiger partial charge in [-0.2, -0.15) is 0 Å². The molecule has 0 aliphatic rings. The van der Waals surface area contributed by atoms with Crippen LogP contribution in [0.3, 0.4) is 0 Å². The van der Waals surface area contributed by atoms with Crippen molar-refractivity contribution in [2.24, 2.45) is 0 Å². The van der Waals surface area contributed by atoms with E-state index in [1.54, 1.807) is 48.5 Å². The molecular formula is C30H24N2O8Ti+2. The van der Waals surface area contributed by atoms with Crippen molar-refractivity contribution in [3.8, 4) is 0 Å². The molecule has 204 valence electrons. The third-order valence-electron chi connectivity index (χ3n) is 5.43. The van der Waals surface area contributed by atoms with E-state index in [4.69, 9.17) is 0 Å². The van der Waals surface area contributed by atoms with Crippen molar-refractivity contribution in [3.05, 3.63) is 165 Å². The molecule has 41 heavy (non-hydrogen) atoms. The largest absolute Gasteiger partial charge is 0.300 e. The number of hydrogen-bond donors (Lipinski definition) is 0. The fourth-order valence-corrected chi connectivity index (χ4v) is 3.32. The molecule has 0 aliphatic carbocycles. The second-order valence-electron chi connectivity index (χ2n) is 8.17. The molecule has 0 atom stereocenters. The minimum Gasteiger partial charge on any atom is -0.300 e. The van der Waals surface area contributed by atoms with Crippen molar-refractivity contribution in [3.63, 3.8) is 0 Å². The van der Waals surface area contributed by atoms with Crippen LogP contribution in [-0.2, 0) is 21.7 Å². The quantitative estimate of drug-likeness (QED) is 0.0503. The Morgan fingerprint density at radius 1 is 0.463 bits per heavy atom. The van der Waals surface area contributed by atoms with E-state index in [0.717, 1.165) is 0 Å². The summed E-state index contributed by atoms with van der Waals surface area (Å²) in [6.07, 6.45) is 2.41. The number of nitro benzene ring substituents is 2. The van der Waals surface area contributed by atoms with Gasteiger partial charge in [-0.1, -0.05) is 60.7 Å². The first-order valence-electron chi connectivity index (χ1n) is 11.7. The molecule has 0 radical (unpaired) electrons. The van der Waals surface area contributed by atoms with E-state index < -0.39 is 9.85 Å². The zero-order valence-corrected chi connectivity index (χ0v) is 22.9. The summed E-state index contributed by atoms with van der Waals surface area (Å²) >= 11 is 0. The molecular weight excluding hydrogens is 564 g/mol. The van der Waals surface area contributed by atoms with Crippen molar-refractivity contribution >= 4 is 34.5 Å². The minimum atomic E-state index is -0.516. The minimum absolute atomic E-state index is 0. The van der Waals surface area contributed by atoms with Crippen LogP contribution in [-0.4, -0.2) is 52.2 Å². The smallest absolute Gasteiger partial charge is 0.267 e. The molecule has 0 unspecified atom stereocenters. The Morgan fingerprint density at radius 2 is 0.707 bits per heavy atom. The zero-order chi connectivity index (χ0) is 29.1. The fraction of sp³-hybridized carbons (Fsp3) is 0. The first kappa shape index (κ1) is 32.0. The molecule has 0 fully saturated rings. The van der Waals surface area contributed by atoms with Gasteiger partial charge in [0.1, 0.15) is 0 Å². The topological polar surface area (TPSA) is 172 Å². The Kier molecular flexibility index (Phi) is 12.0. The SMILES string of the molecule is O=[N+]([O-])c1ccc(C(=[OH+])[CH-]C(=[OH+])c2ccccc2)cc1.O=[N+]([O-])c1ccc(C(=[OH+])[CH-]C(=[OH+])c2ccccc2)cc1.[Ti]. The first-order chi connectivity index (χ1) is 19.2. The van der Waals surface area contributed by atoms with Gasteiger partial charge in [-0.25, -0.2) is 0 Å². The molecule has 0 aromatic heterocycles. The van der Waals surface area contributed by atoms with Gasteiger partial charge in [-0.3, -0.25) is 20.2 Å². The maximum absolute atomic E-state index is 10.5. The average Bonchev–Trinajstić information content (AvgIpc) is 2.98. The molecule has 4 aromatic carbocycles. The summed E-state index contributed by atoms with van der Waals surface area (Å²) in [6.45, 7) is 0. The summed E-state index contributed by atoms with van der Waals surface area (Å²) < 4.78 is 0. The van der Waals surface area contributed by atoms with Crippen LogP contribution in [0.25, 0.3) is 0 Å². The van der Waals surface area contributed by atoms with Crippen LogP contribution in [0.2, 0.25) is 0 Å². The second-order valence-corrected chi connectivity index (χ2v) is 8.17. The molecule has 4 aromatic rings. The van der Waals surface area contributed by atoms with Crippen molar-refractivity contribution < 1.29 is 50.7 Å². The summed E-state index contributed by atoms with van der Waals surface area (Å²) in [5, 5.41) is 21.1. The van der Waals surface area contributed by atoms with E-state index in [1.807, 2.05) is 12.1 Å². The molecule has 0 spiro atoms. The maximum Gasteiger partial charge on any atom is 0.267 e. The monoisotopic (exact) mass is 588 g/mol. The van der Waals surface area contributed by atoms with Gasteiger partial charge < -0.3 is 19.2 Å². The molecule has 0 saturated heterocycles. The Bertz CT molecular complexity index is 1420. The second kappa shape index (κ2) is 15.4. The van der Waals surface area contributed by atoms with Gasteiger partial charge >= 0.3 is 0 Å². The molecule has 0 aliphatic heterocycles. The van der Waals surface area contributed by atoms with E-state index in [1.165, 1.54) is 61.4 Å². The number of rotatable bonds is 10. The summed E-state index contributed by atoms with van der Waals surface area (Å²) in [4.78, 5) is 59.5. The third kappa shape index (κ3) is 9.50. The molecule has 0 saturated carbocycles. The number of carbonyl (C=O) groups excluding carboxylic acids is 4. The third-order valence-corrected chi connectivity index (χ3v) is 5.43. The van der Waals surface area contributed by atoms with Gasteiger partial charge in [0.05, 0.1) is 9.85 Å². The Morgan fingerprint density at radius 3 is 0.951 bits per heavy atom. The van der Waals surface area contributed by atoms with Gasteiger partial charge in [-0.05, 0) is 22.3 Å². The van der Waals surface area contributed by atoms with Crippen LogP contribution in [0, 0.1) is 33.1 Å². The van der Waals surface area contributed by atoms with Crippen LogP contribution >= 0.6 is 0 Å². The van der Waals surface area contributed by atoms with E-state index in [-0.39, 0.29) is 56.2 Å². The Labute approximate surface area is 249 Å². The van der Waals surface area contributed by atoms with E-state index >= 15 is 0 Å². The molecule has 11 heteroatoms. The first-order valence-corrected chi connectivity index (χ1v) is 11.7. The Balaban J connectivity index is 0.000000280. The van der Waals surface area contributed by atoms with Gasteiger partial charge in [0.15, 0.2) is 0 Å². The van der Waals surface area contributed by atoms with Crippen LogP contribution in [0.4, 0.5) is 11.4 Å². The molecule has 4 N–H and O–H groups in total. The summed E-state index contributed by atoms with van der Waals surface area (Å²) in [7, 11) is 0. The maximum atomic E-state index is 10.5. The molecule has 0 heterocycles. The van der Waals surface area contributed by atoms with Crippen LogP contribution in [0.5, 0.6) is 0 Å². The van der Waals surface area contributed by atoms with Crippen LogP contribution < -0.4 is 0 Å². The standard InChI is InChI=1S/2C15H10NO4.Ti/c2*17-14(11-4-2-1-3-5-11)10-15(18)12-6-8-13(9-7-12)16(19)20;/h2*1-10H;/q2*-1;/p+4. The number of hydrogen-bond acceptors (Lipinski definition) is 4. The normalized spacial score (nSPS) is 9.56. The van der Waals surface area contributed by atoms with Gasteiger partial charge in [0, 0.05) is 58.8 Å². The van der Waals surface area contributed by atoms with Crippen molar-refractivity contribution in [2.75, 3.05) is 0 Å². The summed E-state index contributed by atoms with van der Waals surface area (Å²) in [5.74, 6) is -0.495. The summed E-state index contributed by atoms with van der Waals surface area (Å²) in [6, 6.07) is 28.3. The van der Waals surface area contributed by atoms with E-state index in [2.05, 4.69) is 0 Å². The molecule has 0 bridgehead atoms. The molecule has 4 rings (SSSR count). The van der Waals surface area contributed by atoms with Crippen molar-refractivity contribution in [1.29, 1.82) is 0 Å². The fourth-order valence-electron chi connectivity index (χ4n) is 3.32. The van der Waals surface area contributed by atoms with E-state index in [9.17, 15) is 39.4 Å². The van der Waals surface area contributed by atoms with Crippen LogP contribution in [0.15, 0.2) is 109 Å². The predicted octanol–water partition coefficient (Wildman–Crippen LogP) is 4.57. The van der Waals surface area contributed by atoms with Crippen molar-refractivity contribution in [1.82, 2.24) is 0 Å². The number of nitro groups is 2. The number of benzene rings is 4. The average molecular weight is 588 g/mol. The molecule has 10 nitrogen and oxygen atoms in total. The number of ketones is 4. The predicted molar refractivity (Wildman–Crippen MR) is 152 cm³/mol. The zero-order valence-electron chi connectivity index (χ0n) is 21.4.